The van der Waals surface area contributed by atoms with E-state index in [9.17, 15) is 10.0 Å². The Morgan fingerprint density at radius 2 is 2.00 bits per heavy atom. The predicted octanol–water partition coefficient (Wildman–Crippen LogP) is 1.99. The topological polar surface area (TPSA) is 75.7 Å². The first-order valence-corrected chi connectivity index (χ1v) is 3.50. The maximum Gasteiger partial charge on any atom is 0.122 e. The number of rotatable bonds is 1. The van der Waals surface area contributed by atoms with Gasteiger partial charge in [0.25, 0.3) is 0 Å². The molecule has 0 saturated carbocycles. The lowest BCUT2D eigenvalue weighted by Gasteiger charge is -2.07. The molecular formula is C8H10N2O2. The van der Waals surface area contributed by atoms with Gasteiger partial charge in [-0.05, 0) is 19.0 Å². The van der Waals surface area contributed by atoms with Crippen LogP contribution in [-0.4, -0.2) is 5.11 Å². The molecule has 0 unspecified atom stereocenters. The third-order valence-corrected chi connectivity index (χ3v) is 1.95. The summed E-state index contributed by atoms with van der Waals surface area (Å²) in [5, 5.41) is 12.0. The number of phenols is 1. The Labute approximate surface area is 70.0 Å². The summed E-state index contributed by atoms with van der Waals surface area (Å²) in [5.41, 5.74) is 7.41. The summed E-state index contributed by atoms with van der Waals surface area (Å²) < 4.78 is 0. The average molecular weight is 166 g/mol. The average Bonchev–Trinajstić information content (AvgIpc) is 2.08. The number of phenolic OH excluding ortho intramolecular Hbond substituents is 1. The van der Waals surface area contributed by atoms with E-state index in [1.54, 1.807) is 13.8 Å². The van der Waals surface area contributed by atoms with Crippen LogP contribution in [-0.2, 0) is 0 Å². The van der Waals surface area contributed by atoms with Gasteiger partial charge in [-0.15, -0.1) is 4.91 Å². The highest BCUT2D eigenvalue weighted by Crippen LogP contribution is 2.33. The van der Waals surface area contributed by atoms with Crippen molar-refractivity contribution in [3.05, 3.63) is 22.1 Å². The van der Waals surface area contributed by atoms with Gasteiger partial charge in [0, 0.05) is 22.9 Å². The number of nitrogens with zero attached hydrogens (tertiary/aromatic N) is 1. The molecule has 0 bridgehead atoms. The fraction of sp³-hybridized carbons (Fsp3) is 0.250. The highest BCUT2D eigenvalue weighted by atomic mass is 16.3. The second-order valence-corrected chi connectivity index (χ2v) is 2.67. The zero-order valence-electron chi connectivity index (χ0n) is 6.96. The molecule has 12 heavy (non-hydrogen) atoms. The zero-order chi connectivity index (χ0) is 9.30. The van der Waals surface area contributed by atoms with Gasteiger partial charge in [0.05, 0.1) is 0 Å². The van der Waals surface area contributed by atoms with Crippen molar-refractivity contribution in [2.45, 2.75) is 13.8 Å². The van der Waals surface area contributed by atoms with Crippen LogP contribution in [0.3, 0.4) is 0 Å². The Kier molecular flexibility index (Phi) is 1.99. The Balaban J connectivity index is 3.49. The van der Waals surface area contributed by atoms with E-state index in [4.69, 9.17) is 5.73 Å². The van der Waals surface area contributed by atoms with Crippen molar-refractivity contribution in [1.29, 1.82) is 0 Å². The van der Waals surface area contributed by atoms with Crippen molar-refractivity contribution < 1.29 is 5.11 Å². The molecule has 0 atom stereocenters. The Hall–Kier alpha value is -1.58. The molecule has 0 aromatic heterocycles. The molecule has 0 saturated heterocycles. The van der Waals surface area contributed by atoms with Gasteiger partial charge in [0.1, 0.15) is 11.4 Å². The highest BCUT2D eigenvalue weighted by Gasteiger charge is 2.09. The standard InChI is InChI=1S/C8H10N2O2/c1-4-6(10-12)3-7(11)5(2)8(4)9/h3,11H,9H2,1-2H3. The van der Waals surface area contributed by atoms with E-state index in [-0.39, 0.29) is 11.4 Å². The first-order valence-electron chi connectivity index (χ1n) is 3.50. The molecule has 64 valence electrons. The number of hydrogen-bond donors (Lipinski definition) is 2. The van der Waals surface area contributed by atoms with E-state index in [0.29, 0.717) is 16.8 Å². The first kappa shape index (κ1) is 8.52. The SMILES string of the molecule is Cc1c(O)cc(N=O)c(C)c1N. The molecule has 0 heterocycles. The zero-order valence-corrected chi connectivity index (χ0v) is 6.96. The summed E-state index contributed by atoms with van der Waals surface area (Å²) in [6.45, 7) is 3.38. The van der Waals surface area contributed by atoms with Gasteiger partial charge in [0.2, 0.25) is 0 Å². The van der Waals surface area contributed by atoms with Gasteiger partial charge in [-0.2, -0.15) is 0 Å². The predicted molar refractivity (Wildman–Crippen MR) is 47.4 cm³/mol. The molecule has 1 rings (SSSR count). The Bertz CT molecular complexity index is 334. The third kappa shape index (κ3) is 1.11. The number of aromatic hydroxyl groups is 1. The minimum Gasteiger partial charge on any atom is -0.508 e. The van der Waals surface area contributed by atoms with Crippen LogP contribution < -0.4 is 5.73 Å². The molecule has 0 aliphatic carbocycles. The number of nitrogen functional groups attached to an aromatic ring is 1. The van der Waals surface area contributed by atoms with Gasteiger partial charge >= 0.3 is 0 Å². The van der Waals surface area contributed by atoms with Gasteiger partial charge in [-0.1, -0.05) is 0 Å². The normalized spacial score (nSPS) is 9.83. The molecule has 4 heteroatoms. The molecule has 0 fully saturated rings. The van der Waals surface area contributed by atoms with Crippen molar-refractivity contribution in [2.75, 3.05) is 5.73 Å². The van der Waals surface area contributed by atoms with Crippen molar-refractivity contribution in [3.8, 4) is 5.75 Å². The smallest absolute Gasteiger partial charge is 0.122 e. The summed E-state index contributed by atoms with van der Waals surface area (Å²) in [6, 6.07) is 1.31. The van der Waals surface area contributed by atoms with E-state index >= 15 is 0 Å². The first-order chi connectivity index (χ1) is 5.57. The second-order valence-electron chi connectivity index (χ2n) is 2.67. The lowest BCUT2D eigenvalue weighted by molar-refractivity contribution is 0.471. The van der Waals surface area contributed by atoms with Crippen LogP contribution >= 0.6 is 0 Å². The minimum absolute atomic E-state index is 0.00713. The monoisotopic (exact) mass is 166 g/mol. The summed E-state index contributed by atoms with van der Waals surface area (Å²) in [5.74, 6) is 0.00713. The molecule has 1 aromatic carbocycles. The van der Waals surface area contributed by atoms with Crippen LogP contribution in [0.4, 0.5) is 11.4 Å². The van der Waals surface area contributed by atoms with Crippen LogP contribution in [0.2, 0.25) is 0 Å². The fourth-order valence-corrected chi connectivity index (χ4v) is 0.998. The number of hydrogen-bond acceptors (Lipinski definition) is 4. The van der Waals surface area contributed by atoms with E-state index in [1.807, 2.05) is 0 Å². The van der Waals surface area contributed by atoms with Crippen molar-refractivity contribution in [2.24, 2.45) is 5.18 Å². The van der Waals surface area contributed by atoms with Crippen LogP contribution in [0, 0.1) is 18.8 Å². The van der Waals surface area contributed by atoms with Crippen molar-refractivity contribution >= 4 is 11.4 Å². The molecule has 0 aliphatic heterocycles. The van der Waals surface area contributed by atoms with Crippen LogP contribution in [0.1, 0.15) is 11.1 Å². The Morgan fingerprint density at radius 3 is 2.50 bits per heavy atom. The maximum absolute atomic E-state index is 10.2. The number of nitroso groups, excluding NO2 is 1. The van der Waals surface area contributed by atoms with E-state index in [2.05, 4.69) is 5.18 Å². The second kappa shape index (κ2) is 2.81. The van der Waals surface area contributed by atoms with E-state index in [1.165, 1.54) is 6.07 Å². The molecule has 0 spiro atoms. The molecule has 0 radical (unpaired) electrons. The lowest BCUT2D eigenvalue weighted by atomic mass is 10.1. The summed E-state index contributed by atoms with van der Waals surface area (Å²) in [7, 11) is 0. The Morgan fingerprint density at radius 1 is 1.42 bits per heavy atom. The summed E-state index contributed by atoms with van der Waals surface area (Å²) in [4.78, 5) is 10.2. The largest absolute Gasteiger partial charge is 0.508 e. The molecular weight excluding hydrogens is 156 g/mol. The summed E-state index contributed by atoms with van der Waals surface area (Å²) in [6.07, 6.45) is 0. The lowest BCUT2D eigenvalue weighted by Crippen LogP contribution is -1.93. The van der Waals surface area contributed by atoms with Crippen LogP contribution in [0.15, 0.2) is 11.2 Å². The summed E-state index contributed by atoms with van der Waals surface area (Å²) >= 11 is 0. The number of nitrogens with two attached hydrogens (primary N) is 1. The number of benzene rings is 1. The number of anilines is 1. The molecule has 1 aromatic rings. The van der Waals surface area contributed by atoms with Crippen molar-refractivity contribution in [3.63, 3.8) is 0 Å². The molecule has 3 N–H and O–H groups in total. The minimum atomic E-state index is 0.00713. The molecule has 0 amide bonds. The van der Waals surface area contributed by atoms with Gasteiger partial charge in [0.15, 0.2) is 0 Å². The van der Waals surface area contributed by atoms with Crippen molar-refractivity contribution in [1.82, 2.24) is 0 Å². The third-order valence-electron chi connectivity index (χ3n) is 1.95. The van der Waals surface area contributed by atoms with Crippen LogP contribution in [0.5, 0.6) is 5.75 Å². The molecule has 0 aliphatic rings. The quantitative estimate of drug-likeness (QED) is 0.494. The maximum atomic E-state index is 10.2. The van der Waals surface area contributed by atoms with E-state index < -0.39 is 0 Å². The highest BCUT2D eigenvalue weighted by molar-refractivity contribution is 5.68. The molecule has 4 nitrogen and oxygen atoms in total. The van der Waals surface area contributed by atoms with Gasteiger partial charge in [-0.25, -0.2) is 0 Å². The van der Waals surface area contributed by atoms with E-state index in [0.717, 1.165) is 0 Å². The van der Waals surface area contributed by atoms with Gasteiger partial charge in [-0.3, -0.25) is 0 Å². The van der Waals surface area contributed by atoms with Crippen LogP contribution in [0.25, 0.3) is 0 Å². The fourth-order valence-electron chi connectivity index (χ4n) is 0.998. The van der Waals surface area contributed by atoms with Gasteiger partial charge < -0.3 is 10.8 Å².